The Bertz CT molecular complexity index is 953. The number of fused-ring (bicyclic) bond motifs is 1. The highest BCUT2D eigenvalue weighted by Crippen LogP contribution is 2.44. The second-order valence-corrected chi connectivity index (χ2v) is 8.49. The van der Waals surface area contributed by atoms with Gasteiger partial charge in [-0.25, -0.2) is 0 Å². The lowest BCUT2D eigenvalue weighted by Gasteiger charge is -2.47. The molecule has 0 bridgehead atoms. The lowest BCUT2D eigenvalue weighted by atomic mass is 9.79. The maximum absolute atomic E-state index is 11.1. The summed E-state index contributed by atoms with van der Waals surface area (Å²) in [4.78, 5) is 17.6. The van der Waals surface area contributed by atoms with Crippen LogP contribution in [0.15, 0.2) is 35.3 Å². The second-order valence-electron chi connectivity index (χ2n) is 8.08. The minimum absolute atomic E-state index is 0.0700. The van der Waals surface area contributed by atoms with Gasteiger partial charge in [-0.3, -0.25) is 15.1 Å². The third-order valence-corrected chi connectivity index (χ3v) is 5.89. The summed E-state index contributed by atoms with van der Waals surface area (Å²) in [5, 5.41) is 11.8. The molecule has 2 aromatic carbocycles. The van der Waals surface area contributed by atoms with Crippen LogP contribution in [-0.4, -0.2) is 23.2 Å². The van der Waals surface area contributed by atoms with Gasteiger partial charge in [-0.2, -0.15) is 0 Å². The van der Waals surface area contributed by atoms with E-state index in [1.807, 2.05) is 6.07 Å². The van der Waals surface area contributed by atoms with Gasteiger partial charge in [0.2, 0.25) is 0 Å². The topological polar surface area (TPSA) is 58.7 Å². The average molecular weight is 400 g/mol. The molecule has 1 unspecified atom stereocenters. The predicted molar refractivity (Wildman–Crippen MR) is 117 cm³/mol. The number of benzene rings is 2. The van der Waals surface area contributed by atoms with Crippen molar-refractivity contribution in [1.29, 1.82) is 0 Å². The number of nitro benzene ring substituents is 1. The van der Waals surface area contributed by atoms with Crippen molar-refractivity contribution < 1.29 is 4.92 Å². The van der Waals surface area contributed by atoms with E-state index in [0.717, 1.165) is 18.5 Å². The first-order valence-electron chi connectivity index (χ1n) is 9.54. The summed E-state index contributed by atoms with van der Waals surface area (Å²) < 4.78 is 0. The molecule has 28 heavy (non-hydrogen) atoms. The van der Waals surface area contributed by atoms with Crippen LogP contribution in [0.3, 0.4) is 0 Å². The Morgan fingerprint density at radius 3 is 2.71 bits per heavy atom. The number of hydrogen-bond acceptors (Lipinski definition) is 4. The molecular weight excluding hydrogens is 374 g/mol. The first kappa shape index (κ1) is 20.3. The number of nitro groups is 1. The molecule has 0 radical (unpaired) electrons. The van der Waals surface area contributed by atoms with Gasteiger partial charge in [0.15, 0.2) is 0 Å². The Balaban J connectivity index is 1.99. The molecule has 0 amide bonds. The summed E-state index contributed by atoms with van der Waals surface area (Å²) in [6.07, 6.45) is 2.76. The van der Waals surface area contributed by atoms with E-state index in [9.17, 15) is 10.1 Å². The van der Waals surface area contributed by atoms with Crippen molar-refractivity contribution in [2.45, 2.75) is 52.5 Å². The highest BCUT2D eigenvalue weighted by molar-refractivity contribution is 6.33. The molecular formula is C22H26ClN3O2. The van der Waals surface area contributed by atoms with E-state index in [1.54, 1.807) is 25.3 Å². The van der Waals surface area contributed by atoms with E-state index in [2.05, 4.69) is 43.7 Å². The van der Waals surface area contributed by atoms with Crippen LogP contribution >= 0.6 is 11.6 Å². The number of nitrogens with zero attached hydrogens (tertiary/aromatic N) is 3. The van der Waals surface area contributed by atoms with Crippen LogP contribution in [0, 0.1) is 17.0 Å². The zero-order chi connectivity index (χ0) is 20.6. The van der Waals surface area contributed by atoms with Gasteiger partial charge in [-0.1, -0.05) is 24.6 Å². The molecule has 5 nitrogen and oxygen atoms in total. The van der Waals surface area contributed by atoms with E-state index >= 15 is 0 Å². The third kappa shape index (κ3) is 3.76. The van der Waals surface area contributed by atoms with Crippen molar-refractivity contribution in [2.75, 3.05) is 11.4 Å². The Morgan fingerprint density at radius 2 is 2.07 bits per heavy atom. The Morgan fingerprint density at radius 1 is 1.36 bits per heavy atom. The number of halogens is 1. The molecule has 148 valence electrons. The fourth-order valence-electron chi connectivity index (χ4n) is 4.24. The molecule has 0 fully saturated rings. The number of aliphatic imine (C=N–C) groups is 1. The molecule has 1 atom stereocenters. The molecule has 0 spiro atoms. The summed E-state index contributed by atoms with van der Waals surface area (Å²) >= 11 is 6.57. The van der Waals surface area contributed by atoms with Crippen molar-refractivity contribution >= 4 is 34.9 Å². The minimum atomic E-state index is -0.386. The fourth-order valence-corrected chi connectivity index (χ4v) is 4.44. The number of rotatable bonds is 4. The maximum atomic E-state index is 11.1. The molecule has 1 heterocycles. The Kier molecular flexibility index (Phi) is 5.48. The maximum Gasteiger partial charge on any atom is 0.274 e. The average Bonchev–Trinajstić information content (AvgIpc) is 2.60. The quantitative estimate of drug-likeness (QED) is 0.338. The summed E-state index contributed by atoms with van der Waals surface area (Å²) in [6, 6.07) is 9.10. The van der Waals surface area contributed by atoms with Gasteiger partial charge in [0, 0.05) is 41.2 Å². The van der Waals surface area contributed by atoms with Crippen LogP contribution in [0.25, 0.3) is 0 Å². The van der Waals surface area contributed by atoms with Crippen LogP contribution in [-0.2, 0) is 0 Å². The lowest BCUT2D eigenvalue weighted by molar-refractivity contribution is -0.385. The van der Waals surface area contributed by atoms with Gasteiger partial charge in [-0.05, 0) is 63.8 Å². The molecule has 1 aliphatic heterocycles. The van der Waals surface area contributed by atoms with Gasteiger partial charge < -0.3 is 4.90 Å². The SMILES string of the molecule is CCN1c2cc(Cl)c(C=Nc3ccc(C)c([N+](=O)[O-])c3)cc2C(C)CC1(C)C. The summed E-state index contributed by atoms with van der Waals surface area (Å²) in [7, 11) is 0. The van der Waals surface area contributed by atoms with Crippen LogP contribution < -0.4 is 4.90 Å². The standard InChI is InChI=1S/C22H26ClN3O2/c1-6-25-21-11-19(23)16(9-18(21)15(3)12-22(25,4)5)13-24-17-8-7-14(2)20(10-17)26(27)28/h7-11,13,15H,6,12H2,1-5H3. The Hall–Kier alpha value is -2.40. The Labute approximate surface area is 171 Å². The van der Waals surface area contributed by atoms with Crippen molar-refractivity contribution in [3.05, 3.63) is 62.2 Å². The predicted octanol–water partition coefficient (Wildman–Crippen LogP) is 6.42. The molecule has 6 heteroatoms. The lowest BCUT2D eigenvalue weighted by Crippen LogP contribution is -2.48. The van der Waals surface area contributed by atoms with Crippen LogP contribution in [0.4, 0.5) is 17.1 Å². The number of hydrogen-bond donors (Lipinski definition) is 0. The highest BCUT2D eigenvalue weighted by atomic mass is 35.5. The van der Waals surface area contributed by atoms with E-state index < -0.39 is 0 Å². The first-order valence-corrected chi connectivity index (χ1v) is 9.92. The van der Waals surface area contributed by atoms with Gasteiger partial charge in [0.1, 0.15) is 0 Å². The van der Waals surface area contributed by atoms with Gasteiger partial charge in [-0.15, -0.1) is 0 Å². The molecule has 0 aliphatic carbocycles. The van der Waals surface area contributed by atoms with E-state index in [0.29, 0.717) is 22.2 Å². The summed E-state index contributed by atoms with van der Waals surface area (Å²) in [5.41, 5.74) is 4.58. The van der Waals surface area contributed by atoms with Crippen molar-refractivity contribution in [1.82, 2.24) is 0 Å². The summed E-state index contributed by atoms with van der Waals surface area (Å²) in [6.45, 7) is 11.6. The molecule has 2 aromatic rings. The highest BCUT2D eigenvalue weighted by Gasteiger charge is 2.35. The van der Waals surface area contributed by atoms with E-state index in [-0.39, 0.29) is 16.1 Å². The van der Waals surface area contributed by atoms with Crippen molar-refractivity contribution in [3.8, 4) is 0 Å². The molecule has 0 aromatic heterocycles. The smallest absolute Gasteiger partial charge is 0.274 e. The zero-order valence-electron chi connectivity index (χ0n) is 17.0. The third-order valence-electron chi connectivity index (χ3n) is 5.56. The second kappa shape index (κ2) is 7.55. The van der Waals surface area contributed by atoms with Gasteiger partial charge in [0.25, 0.3) is 5.69 Å². The molecule has 0 N–H and O–H groups in total. The van der Waals surface area contributed by atoms with E-state index in [1.165, 1.54) is 17.3 Å². The molecule has 0 saturated heterocycles. The van der Waals surface area contributed by atoms with Crippen LogP contribution in [0.5, 0.6) is 0 Å². The first-order chi connectivity index (χ1) is 13.1. The molecule has 1 aliphatic rings. The van der Waals surface area contributed by atoms with Crippen LogP contribution in [0.2, 0.25) is 5.02 Å². The molecule has 0 saturated carbocycles. The number of aryl methyl sites for hydroxylation is 1. The largest absolute Gasteiger partial charge is 0.366 e. The van der Waals surface area contributed by atoms with Crippen molar-refractivity contribution in [3.63, 3.8) is 0 Å². The minimum Gasteiger partial charge on any atom is -0.366 e. The van der Waals surface area contributed by atoms with E-state index in [4.69, 9.17) is 11.6 Å². The van der Waals surface area contributed by atoms with Crippen LogP contribution in [0.1, 0.15) is 56.7 Å². The fraction of sp³-hybridized carbons (Fsp3) is 0.409. The van der Waals surface area contributed by atoms with Gasteiger partial charge >= 0.3 is 0 Å². The van der Waals surface area contributed by atoms with Crippen molar-refractivity contribution in [2.24, 2.45) is 4.99 Å². The molecule has 3 rings (SSSR count). The number of anilines is 1. The summed E-state index contributed by atoms with van der Waals surface area (Å²) in [5.74, 6) is 0.415. The normalized spacial score (nSPS) is 18.4. The van der Waals surface area contributed by atoms with Gasteiger partial charge in [0.05, 0.1) is 15.6 Å². The zero-order valence-corrected chi connectivity index (χ0v) is 17.7. The monoisotopic (exact) mass is 399 g/mol.